The van der Waals surface area contributed by atoms with Crippen LogP contribution in [0.5, 0.6) is 0 Å². The average Bonchev–Trinajstić information content (AvgIpc) is 2.27. The molecule has 1 aliphatic heterocycles. The van der Waals surface area contributed by atoms with Gasteiger partial charge < -0.3 is 10.1 Å². The van der Waals surface area contributed by atoms with Crippen molar-refractivity contribution >= 4 is 11.4 Å². The van der Waals surface area contributed by atoms with Gasteiger partial charge in [-0.1, -0.05) is 0 Å². The van der Waals surface area contributed by atoms with Crippen LogP contribution in [0.3, 0.4) is 0 Å². The molecule has 19 heavy (non-hydrogen) atoms. The Balaban J connectivity index is 2.07. The lowest BCUT2D eigenvalue weighted by Gasteiger charge is -2.36. The highest BCUT2D eigenvalue weighted by Crippen LogP contribution is 2.28. The summed E-state index contributed by atoms with van der Waals surface area (Å²) in [6, 6.07) is 5.51. The monoisotopic (exact) mass is 264 g/mol. The zero-order valence-corrected chi connectivity index (χ0v) is 11.6. The maximum atomic E-state index is 10.8. The Morgan fingerprint density at radius 3 is 2.79 bits per heavy atom. The van der Waals surface area contributed by atoms with Gasteiger partial charge in [0.2, 0.25) is 0 Å². The van der Waals surface area contributed by atoms with E-state index in [9.17, 15) is 10.1 Å². The molecule has 5 nitrogen and oxygen atoms in total. The van der Waals surface area contributed by atoms with Crippen LogP contribution in [-0.4, -0.2) is 23.2 Å². The summed E-state index contributed by atoms with van der Waals surface area (Å²) < 4.78 is 5.68. The van der Waals surface area contributed by atoms with Crippen LogP contribution in [0.1, 0.15) is 32.3 Å². The summed E-state index contributed by atoms with van der Waals surface area (Å²) in [7, 11) is 0. The first-order valence-corrected chi connectivity index (χ1v) is 6.53. The van der Waals surface area contributed by atoms with Crippen molar-refractivity contribution in [1.29, 1.82) is 0 Å². The molecule has 104 valence electrons. The molecule has 1 atom stereocenters. The number of nitrogens with one attached hydrogen (secondary N) is 1. The fraction of sp³-hybridized carbons (Fsp3) is 0.571. The summed E-state index contributed by atoms with van der Waals surface area (Å²) in [4.78, 5) is 10.4. The van der Waals surface area contributed by atoms with Crippen LogP contribution in [0.2, 0.25) is 0 Å². The number of nitro benzene ring substituents is 1. The maximum absolute atomic E-state index is 10.8. The third-order valence-electron chi connectivity index (χ3n) is 3.46. The predicted octanol–water partition coefficient (Wildman–Crippen LogP) is 3.27. The molecule has 1 aromatic carbocycles. The van der Waals surface area contributed by atoms with E-state index in [-0.39, 0.29) is 16.2 Å². The van der Waals surface area contributed by atoms with E-state index in [4.69, 9.17) is 4.74 Å². The first-order chi connectivity index (χ1) is 8.87. The van der Waals surface area contributed by atoms with E-state index in [1.54, 1.807) is 19.1 Å². The minimum atomic E-state index is -0.351. The van der Waals surface area contributed by atoms with Crippen LogP contribution in [-0.2, 0) is 4.74 Å². The molecule has 0 amide bonds. The van der Waals surface area contributed by atoms with Gasteiger partial charge in [0.05, 0.1) is 10.5 Å². The highest BCUT2D eigenvalue weighted by Gasteiger charge is 2.28. The normalized spacial score (nSPS) is 21.9. The van der Waals surface area contributed by atoms with Gasteiger partial charge in [-0.15, -0.1) is 0 Å². The lowest BCUT2D eigenvalue weighted by Crippen LogP contribution is -2.40. The molecule has 1 unspecified atom stereocenters. The zero-order valence-electron chi connectivity index (χ0n) is 11.6. The molecule has 0 aliphatic carbocycles. The minimum Gasteiger partial charge on any atom is -0.382 e. The van der Waals surface area contributed by atoms with Crippen LogP contribution in [0.15, 0.2) is 18.2 Å². The van der Waals surface area contributed by atoms with Crippen molar-refractivity contribution < 1.29 is 9.66 Å². The number of nitrogens with zero attached hydrogens (tertiary/aromatic N) is 1. The Morgan fingerprint density at radius 1 is 1.47 bits per heavy atom. The van der Waals surface area contributed by atoms with Crippen LogP contribution < -0.4 is 5.32 Å². The molecule has 2 rings (SSSR count). The van der Waals surface area contributed by atoms with Crippen LogP contribution in [0.25, 0.3) is 0 Å². The summed E-state index contributed by atoms with van der Waals surface area (Å²) in [6.45, 7) is 6.68. The maximum Gasteiger partial charge on any atom is 0.272 e. The lowest BCUT2D eigenvalue weighted by atomic mass is 9.93. The first-order valence-electron chi connectivity index (χ1n) is 6.53. The highest BCUT2D eigenvalue weighted by atomic mass is 16.6. The van der Waals surface area contributed by atoms with E-state index >= 15 is 0 Å². The van der Waals surface area contributed by atoms with Crippen molar-refractivity contribution in [3.05, 3.63) is 33.9 Å². The minimum absolute atomic E-state index is 0.105. The molecule has 1 saturated heterocycles. The highest BCUT2D eigenvalue weighted by molar-refractivity contribution is 5.54. The Bertz CT molecular complexity index is 486. The fourth-order valence-electron chi connectivity index (χ4n) is 2.54. The topological polar surface area (TPSA) is 64.4 Å². The number of hydrogen-bond donors (Lipinski definition) is 1. The number of hydrogen-bond acceptors (Lipinski definition) is 4. The van der Waals surface area contributed by atoms with Gasteiger partial charge in [-0.25, -0.2) is 0 Å². The third-order valence-corrected chi connectivity index (χ3v) is 3.46. The zero-order chi connectivity index (χ0) is 14.0. The predicted molar refractivity (Wildman–Crippen MR) is 74.5 cm³/mol. The van der Waals surface area contributed by atoms with Gasteiger partial charge in [0.25, 0.3) is 5.69 Å². The molecule has 1 fully saturated rings. The summed E-state index contributed by atoms with van der Waals surface area (Å²) in [6.07, 6.45) is 1.89. The number of anilines is 1. The number of rotatable bonds is 3. The number of benzene rings is 1. The second-order valence-electron chi connectivity index (χ2n) is 5.70. The average molecular weight is 264 g/mol. The van der Waals surface area contributed by atoms with Crippen LogP contribution >= 0.6 is 0 Å². The van der Waals surface area contributed by atoms with Crippen molar-refractivity contribution in [2.45, 2.75) is 45.3 Å². The molecule has 1 aromatic rings. The van der Waals surface area contributed by atoms with Gasteiger partial charge in [0.1, 0.15) is 0 Å². The Labute approximate surface area is 113 Å². The lowest BCUT2D eigenvalue weighted by molar-refractivity contribution is -0.385. The molecule has 0 aromatic heterocycles. The molecule has 0 bridgehead atoms. The van der Waals surface area contributed by atoms with E-state index in [0.717, 1.165) is 25.1 Å². The standard InChI is InChI=1S/C14H20N2O3/c1-10-8-11(4-5-13(10)16(17)18)15-12-6-7-19-14(2,3)9-12/h4-5,8,12,15H,6-7,9H2,1-3H3. The SMILES string of the molecule is Cc1cc(NC2CCOC(C)(C)C2)ccc1[N+](=O)[O-]. The molecule has 0 saturated carbocycles. The van der Waals surface area contributed by atoms with Crippen LogP contribution in [0.4, 0.5) is 11.4 Å². The molecule has 0 radical (unpaired) electrons. The van der Waals surface area contributed by atoms with Gasteiger partial charge in [-0.05, 0) is 45.7 Å². The second-order valence-corrected chi connectivity index (χ2v) is 5.70. The van der Waals surface area contributed by atoms with Gasteiger partial charge in [-0.2, -0.15) is 0 Å². The van der Waals surface area contributed by atoms with Crippen molar-refractivity contribution in [1.82, 2.24) is 0 Å². The summed E-state index contributed by atoms with van der Waals surface area (Å²) in [5.41, 5.74) is 1.68. The van der Waals surface area contributed by atoms with E-state index in [2.05, 4.69) is 19.2 Å². The fourth-order valence-corrected chi connectivity index (χ4v) is 2.54. The molecule has 1 heterocycles. The van der Waals surface area contributed by atoms with E-state index in [1.165, 1.54) is 0 Å². The van der Waals surface area contributed by atoms with E-state index in [0.29, 0.717) is 11.6 Å². The second kappa shape index (κ2) is 5.17. The van der Waals surface area contributed by atoms with E-state index in [1.807, 2.05) is 6.07 Å². The summed E-state index contributed by atoms with van der Waals surface area (Å²) in [5, 5.41) is 14.2. The van der Waals surface area contributed by atoms with Crippen molar-refractivity contribution in [2.24, 2.45) is 0 Å². The summed E-state index contributed by atoms with van der Waals surface area (Å²) in [5.74, 6) is 0. The smallest absolute Gasteiger partial charge is 0.272 e. The Hall–Kier alpha value is -1.62. The third kappa shape index (κ3) is 3.44. The van der Waals surface area contributed by atoms with E-state index < -0.39 is 0 Å². The molecule has 5 heteroatoms. The first kappa shape index (κ1) is 13.8. The quantitative estimate of drug-likeness (QED) is 0.672. The molecule has 1 aliphatic rings. The Morgan fingerprint density at radius 2 is 2.21 bits per heavy atom. The molecule has 0 spiro atoms. The number of nitro groups is 1. The summed E-state index contributed by atoms with van der Waals surface area (Å²) >= 11 is 0. The van der Waals surface area contributed by atoms with Gasteiger partial charge >= 0.3 is 0 Å². The van der Waals surface area contributed by atoms with Crippen LogP contribution in [0, 0.1) is 17.0 Å². The Kier molecular flexibility index (Phi) is 3.75. The van der Waals surface area contributed by atoms with Gasteiger partial charge in [0, 0.05) is 30.0 Å². The van der Waals surface area contributed by atoms with Gasteiger partial charge in [-0.3, -0.25) is 10.1 Å². The number of aryl methyl sites for hydroxylation is 1. The largest absolute Gasteiger partial charge is 0.382 e. The number of ether oxygens (including phenoxy) is 1. The van der Waals surface area contributed by atoms with Crippen molar-refractivity contribution in [3.8, 4) is 0 Å². The van der Waals surface area contributed by atoms with Crippen molar-refractivity contribution in [3.63, 3.8) is 0 Å². The molecular formula is C14H20N2O3. The molecule has 1 N–H and O–H groups in total. The van der Waals surface area contributed by atoms with Crippen molar-refractivity contribution in [2.75, 3.05) is 11.9 Å². The van der Waals surface area contributed by atoms with Gasteiger partial charge in [0.15, 0.2) is 0 Å². The molecular weight excluding hydrogens is 244 g/mol.